The average molecular weight is 455 g/mol. The van der Waals surface area contributed by atoms with Crippen molar-refractivity contribution in [1.29, 1.82) is 0 Å². The minimum atomic E-state index is -0.210. The number of nitrogens with zero attached hydrogens (tertiary/aromatic N) is 3. The molecule has 170 valence electrons. The van der Waals surface area contributed by atoms with E-state index in [2.05, 4.69) is 27.8 Å². The molecule has 0 saturated carbocycles. The molecule has 3 aromatic rings. The monoisotopic (exact) mass is 454 g/mol. The van der Waals surface area contributed by atoms with Crippen molar-refractivity contribution in [3.05, 3.63) is 52.8 Å². The van der Waals surface area contributed by atoms with Crippen LogP contribution in [0.3, 0.4) is 0 Å². The van der Waals surface area contributed by atoms with Crippen LogP contribution in [0.5, 0.6) is 5.75 Å². The normalized spacial score (nSPS) is 14.6. The number of imidazole rings is 1. The van der Waals surface area contributed by atoms with Gasteiger partial charge in [-0.3, -0.25) is 9.69 Å². The molecule has 2 aromatic carbocycles. The van der Waals surface area contributed by atoms with E-state index in [1.54, 1.807) is 12.1 Å². The lowest BCUT2D eigenvalue weighted by molar-refractivity contribution is -0.118. The van der Waals surface area contributed by atoms with E-state index in [1.807, 2.05) is 25.1 Å². The van der Waals surface area contributed by atoms with E-state index in [9.17, 15) is 4.79 Å². The third kappa shape index (κ3) is 5.43. The number of aryl methyl sites for hydroxylation is 2. The summed E-state index contributed by atoms with van der Waals surface area (Å²) in [6.07, 6.45) is 4.91. The van der Waals surface area contributed by atoms with Crippen LogP contribution >= 0.6 is 11.6 Å². The number of fused-ring (bicyclic) bond motifs is 1. The van der Waals surface area contributed by atoms with Crippen molar-refractivity contribution in [3.63, 3.8) is 0 Å². The van der Waals surface area contributed by atoms with Crippen LogP contribution < -0.4 is 10.1 Å². The molecular weight excluding hydrogens is 424 g/mol. The Hall–Kier alpha value is -2.57. The van der Waals surface area contributed by atoms with Crippen molar-refractivity contribution in [1.82, 2.24) is 14.5 Å². The molecule has 1 fully saturated rings. The second-order valence-corrected chi connectivity index (χ2v) is 8.88. The van der Waals surface area contributed by atoms with Gasteiger partial charge >= 0.3 is 0 Å². The molecule has 1 aliphatic rings. The SMILES string of the molecule is CCCn1c(CN2CCCCC2)nc2cc(NC(=O)COc3ccc(Cl)c(C)c3)ccc21. The maximum Gasteiger partial charge on any atom is 0.262 e. The number of nitrogens with one attached hydrogen (secondary N) is 1. The summed E-state index contributed by atoms with van der Waals surface area (Å²) in [5, 5.41) is 3.60. The van der Waals surface area contributed by atoms with Gasteiger partial charge in [0.1, 0.15) is 11.6 Å². The molecule has 0 bridgehead atoms. The van der Waals surface area contributed by atoms with Crippen molar-refractivity contribution in [2.75, 3.05) is 25.0 Å². The van der Waals surface area contributed by atoms with Crippen LogP contribution in [0.15, 0.2) is 36.4 Å². The van der Waals surface area contributed by atoms with Crippen molar-refractivity contribution in [3.8, 4) is 5.75 Å². The average Bonchev–Trinajstić information content (AvgIpc) is 3.12. The number of ether oxygens (including phenoxy) is 1. The second-order valence-electron chi connectivity index (χ2n) is 8.47. The Labute approximate surface area is 194 Å². The molecule has 4 rings (SSSR count). The van der Waals surface area contributed by atoms with Crippen LogP contribution in [0, 0.1) is 6.92 Å². The lowest BCUT2D eigenvalue weighted by atomic mass is 10.1. The number of likely N-dealkylation sites (tertiary alicyclic amines) is 1. The molecule has 2 heterocycles. The van der Waals surface area contributed by atoms with Crippen molar-refractivity contribution in [2.24, 2.45) is 0 Å². The van der Waals surface area contributed by atoms with Crippen LogP contribution in [-0.2, 0) is 17.9 Å². The predicted octanol–water partition coefficient (Wildman–Crippen LogP) is 5.41. The van der Waals surface area contributed by atoms with E-state index in [4.69, 9.17) is 21.3 Å². The highest BCUT2D eigenvalue weighted by Crippen LogP contribution is 2.24. The van der Waals surface area contributed by atoms with Crippen LogP contribution in [0.4, 0.5) is 5.69 Å². The molecule has 0 radical (unpaired) electrons. The number of carbonyl (C=O) groups excluding carboxylic acids is 1. The van der Waals surface area contributed by atoms with Gasteiger partial charge in [0.15, 0.2) is 6.61 Å². The number of piperidine rings is 1. The zero-order valence-corrected chi connectivity index (χ0v) is 19.6. The van der Waals surface area contributed by atoms with Crippen LogP contribution in [-0.4, -0.2) is 40.1 Å². The minimum absolute atomic E-state index is 0.0659. The molecule has 32 heavy (non-hydrogen) atoms. The Morgan fingerprint density at radius 2 is 1.97 bits per heavy atom. The zero-order chi connectivity index (χ0) is 22.5. The topological polar surface area (TPSA) is 59.4 Å². The van der Waals surface area contributed by atoms with E-state index in [1.165, 1.54) is 19.3 Å². The van der Waals surface area contributed by atoms with Gasteiger partial charge < -0.3 is 14.6 Å². The maximum absolute atomic E-state index is 12.4. The van der Waals surface area contributed by atoms with E-state index >= 15 is 0 Å². The van der Waals surface area contributed by atoms with Gasteiger partial charge in [-0.1, -0.05) is 24.9 Å². The number of halogens is 1. The molecule has 1 amide bonds. The third-order valence-corrected chi connectivity index (χ3v) is 6.30. The first kappa shape index (κ1) is 22.6. The Kier molecular flexibility index (Phi) is 7.33. The molecule has 1 N–H and O–H groups in total. The number of hydrogen-bond donors (Lipinski definition) is 1. The summed E-state index contributed by atoms with van der Waals surface area (Å²) >= 11 is 6.04. The van der Waals surface area contributed by atoms with Gasteiger partial charge in [-0.05, 0) is 81.2 Å². The molecule has 0 unspecified atom stereocenters. The number of benzene rings is 2. The molecule has 1 aromatic heterocycles. The number of hydrogen-bond acceptors (Lipinski definition) is 4. The summed E-state index contributed by atoms with van der Waals surface area (Å²) in [5.74, 6) is 1.52. The summed E-state index contributed by atoms with van der Waals surface area (Å²) in [6.45, 7) is 8.14. The summed E-state index contributed by atoms with van der Waals surface area (Å²) in [4.78, 5) is 19.8. The van der Waals surface area contributed by atoms with E-state index in [-0.39, 0.29) is 12.5 Å². The zero-order valence-electron chi connectivity index (χ0n) is 18.9. The predicted molar refractivity (Wildman–Crippen MR) is 129 cm³/mol. The molecule has 0 spiro atoms. The van der Waals surface area contributed by atoms with Gasteiger partial charge in [-0.25, -0.2) is 4.98 Å². The number of anilines is 1. The highest BCUT2D eigenvalue weighted by Gasteiger charge is 2.17. The highest BCUT2D eigenvalue weighted by atomic mass is 35.5. The van der Waals surface area contributed by atoms with Gasteiger partial charge in [0, 0.05) is 17.3 Å². The Balaban J connectivity index is 1.44. The fourth-order valence-corrected chi connectivity index (χ4v) is 4.34. The van der Waals surface area contributed by atoms with Gasteiger partial charge in [0.05, 0.1) is 17.6 Å². The summed E-state index contributed by atoms with van der Waals surface area (Å²) in [5.41, 5.74) is 3.67. The van der Waals surface area contributed by atoms with Crippen molar-refractivity contribution in [2.45, 2.75) is 52.6 Å². The van der Waals surface area contributed by atoms with Gasteiger partial charge in [-0.15, -0.1) is 0 Å². The largest absolute Gasteiger partial charge is 0.484 e. The first-order valence-corrected chi connectivity index (χ1v) is 11.8. The Morgan fingerprint density at radius 3 is 2.72 bits per heavy atom. The van der Waals surface area contributed by atoms with Crippen LogP contribution in [0.2, 0.25) is 5.02 Å². The summed E-state index contributed by atoms with van der Waals surface area (Å²) < 4.78 is 7.93. The molecule has 1 aliphatic heterocycles. The molecule has 1 saturated heterocycles. The third-order valence-electron chi connectivity index (χ3n) is 5.87. The second kappa shape index (κ2) is 10.4. The quantitative estimate of drug-likeness (QED) is 0.494. The molecule has 6 nitrogen and oxygen atoms in total. The fraction of sp³-hybridized carbons (Fsp3) is 0.440. The van der Waals surface area contributed by atoms with Gasteiger partial charge in [0.25, 0.3) is 5.91 Å². The maximum atomic E-state index is 12.4. The van der Waals surface area contributed by atoms with Crippen molar-refractivity contribution < 1.29 is 9.53 Å². The van der Waals surface area contributed by atoms with E-state index in [0.29, 0.717) is 10.8 Å². The van der Waals surface area contributed by atoms with E-state index in [0.717, 1.165) is 60.7 Å². The lowest BCUT2D eigenvalue weighted by Gasteiger charge is -2.26. The number of amides is 1. The van der Waals surface area contributed by atoms with E-state index < -0.39 is 0 Å². The Morgan fingerprint density at radius 1 is 1.16 bits per heavy atom. The lowest BCUT2D eigenvalue weighted by Crippen LogP contribution is -2.30. The first-order chi connectivity index (χ1) is 15.5. The minimum Gasteiger partial charge on any atom is -0.484 e. The Bertz CT molecular complexity index is 1090. The van der Waals surface area contributed by atoms with Crippen LogP contribution in [0.1, 0.15) is 44.0 Å². The summed E-state index contributed by atoms with van der Waals surface area (Å²) in [7, 11) is 0. The standard InChI is InChI=1S/C25H31ClN4O2/c1-3-11-30-23-10-7-19(15-22(23)28-24(30)16-29-12-5-4-6-13-29)27-25(31)17-32-20-8-9-21(26)18(2)14-20/h7-10,14-15H,3-6,11-13,16-17H2,1-2H3,(H,27,31). The smallest absolute Gasteiger partial charge is 0.262 e. The molecule has 7 heteroatoms. The summed E-state index contributed by atoms with van der Waals surface area (Å²) in [6, 6.07) is 11.3. The number of carbonyl (C=O) groups is 1. The first-order valence-electron chi connectivity index (χ1n) is 11.4. The van der Waals surface area contributed by atoms with Gasteiger partial charge in [0.2, 0.25) is 0 Å². The highest BCUT2D eigenvalue weighted by molar-refractivity contribution is 6.31. The van der Waals surface area contributed by atoms with Gasteiger partial charge in [-0.2, -0.15) is 0 Å². The molecule has 0 aliphatic carbocycles. The van der Waals surface area contributed by atoms with Crippen molar-refractivity contribution >= 4 is 34.2 Å². The molecular formula is C25H31ClN4O2. The fourth-order valence-electron chi connectivity index (χ4n) is 4.22. The number of aromatic nitrogens is 2. The van der Waals surface area contributed by atoms with Crippen LogP contribution in [0.25, 0.3) is 11.0 Å². The number of rotatable bonds is 8. The molecule has 0 atom stereocenters.